The fourth-order valence-corrected chi connectivity index (χ4v) is 2.49. The minimum Gasteiger partial charge on any atom is -0.468 e. The summed E-state index contributed by atoms with van der Waals surface area (Å²) < 4.78 is 5.35. The van der Waals surface area contributed by atoms with E-state index in [0.29, 0.717) is 5.92 Å². The van der Waals surface area contributed by atoms with Crippen molar-refractivity contribution in [3.05, 3.63) is 16.5 Å². The number of esters is 1. The second-order valence-electron chi connectivity index (χ2n) is 3.53. The monoisotopic (exact) mass is 302 g/mol. The van der Waals surface area contributed by atoms with Gasteiger partial charge in [0, 0.05) is 12.0 Å². The largest absolute Gasteiger partial charge is 0.468 e. The third kappa shape index (κ3) is 3.18. The molecule has 2 rings (SSSR count). The highest BCUT2D eigenvalue weighted by atomic mass is 79.9. The highest BCUT2D eigenvalue weighted by molar-refractivity contribution is 9.10. The average molecular weight is 303 g/mol. The highest BCUT2D eigenvalue weighted by Gasteiger charge is 2.27. The lowest BCUT2D eigenvalue weighted by molar-refractivity contribution is -0.137. The van der Waals surface area contributed by atoms with Gasteiger partial charge in [-0.2, -0.15) is 0 Å². The predicted octanol–water partition coefficient (Wildman–Crippen LogP) is 2.38. The van der Waals surface area contributed by atoms with E-state index in [2.05, 4.69) is 30.6 Å². The number of carbonyl (C=O) groups is 1. The number of thioether (sulfide) groups is 1. The molecule has 0 aliphatic heterocycles. The zero-order valence-electron chi connectivity index (χ0n) is 8.77. The van der Waals surface area contributed by atoms with E-state index < -0.39 is 0 Å². The zero-order chi connectivity index (χ0) is 11.5. The third-order valence-corrected chi connectivity index (χ3v) is 3.49. The van der Waals surface area contributed by atoms with Crippen molar-refractivity contribution >= 4 is 33.7 Å². The molecule has 1 aliphatic carbocycles. The van der Waals surface area contributed by atoms with Crippen molar-refractivity contribution in [3.8, 4) is 0 Å². The Morgan fingerprint density at radius 1 is 1.62 bits per heavy atom. The van der Waals surface area contributed by atoms with Gasteiger partial charge in [0.15, 0.2) is 0 Å². The van der Waals surface area contributed by atoms with Gasteiger partial charge in [-0.05, 0) is 28.8 Å². The van der Waals surface area contributed by atoms with Crippen LogP contribution in [0.2, 0.25) is 0 Å². The Bertz CT molecular complexity index is 410. The number of hydrogen-bond donors (Lipinski definition) is 0. The summed E-state index contributed by atoms with van der Waals surface area (Å²) in [6.45, 7) is 0. The molecular formula is C10H11BrN2O2S. The van der Waals surface area contributed by atoms with Crippen LogP contribution < -0.4 is 0 Å². The summed E-state index contributed by atoms with van der Waals surface area (Å²) in [7, 11) is 1.38. The second-order valence-corrected chi connectivity index (χ2v) is 5.33. The van der Waals surface area contributed by atoms with Crippen molar-refractivity contribution in [2.75, 3.05) is 12.9 Å². The van der Waals surface area contributed by atoms with Gasteiger partial charge >= 0.3 is 5.97 Å². The van der Waals surface area contributed by atoms with E-state index in [-0.39, 0.29) is 11.7 Å². The number of halogens is 1. The first-order valence-corrected chi connectivity index (χ1v) is 6.71. The molecule has 0 unspecified atom stereocenters. The van der Waals surface area contributed by atoms with Crippen LogP contribution in [0.4, 0.5) is 0 Å². The lowest BCUT2D eigenvalue weighted by Crippen LogP contribution is -2.04. The molecule has 0 radical (unpaired) electrons. The maximum absolute atomic E-state index is 11.0. The summed E-state index contributed by atoms with van der Waals surface area (Å²) in [5.41, 5.74) is 0. The van der Waals surface area contributed by atoms with Gasteiger partial charge in [-0.1, -0.05) is 11.8 Å². The van der Waals surface area contributed by atoms with E-state index >= 15 is 0 Å². The lowest BCUT2D eigenvalue weighted by Gasteiger charge is -2.03. The van der Waals surface area contributed by atoms with Crippen LogP contribution in [0.25, 0.3) is 0 Å². The number of carbonyl (C=O) groups excluding carboxylic acids is 1. The summed E-state index contributed by atoms with van der Waals surface area (Å²) in [5, 5.41) is 0.814. The Kier molecular flexibility index (Phi) is 3.81. The van der Waals surface area contributed by atoms with E-state index in [9.17, 15) is 4.79 Å². The Balaban J connectivity index is 2.05. The minimum atomic E-state index is -0.243. The summed E-state index contributed by atoms with van der Waals surface area (Å²) >= 11 is 4.72. The van der Waals surface area contributed by atoms with Crippen LogP contribution in [0, 0.1) is 0 Å². The van der Waals surface area contributed by atoms with Crippen LogP contribution in [0.5, 0.6) is 0 Å². The van der Waals surface area contributed by atoms with E-state index in [1.807, 2.05) is 6.07 Å². The summed E-state index contributed by atoms with van der Waals surface area (Å²) in [5.74, 6) is 1.42. The molecule has 0 aromatic carbocycles. The molecule has 1 aromatic rings. The summed E-state index contributed by atoms with van der Waals surface area (Å²) in [6.07, 6.45) is 2.33. The average Bonchev–Trinajstić information content (AvgIpc) is 3.09. The van der Waals surface area contributed by atoms with Crippen LogP contribution in [-0.4, -0.2) is 28.8 Å². The first-order valence-electron chi connectivity index (χ1n) is 4.93. The number of hydrogen-bond acceptors (Lipinski definition) is 5. The molecule has 16 heavy (non-hydrogen) atoms. The van der Waals surface area contributed by atoms with Gasteiger partial charge in [0.1, 0.15) is 15.5 Å². The number of rotatable bonds is 4. The molecule has 0 atom stereocenters. The third-order valence-electron chi connectivity index (χ3n) is 2.20. The van der Waals surface area contributed by atoms with Gasteiger partial charge in [-0.3, -0.25) is 4.79 Å². The number of methoxy groups -OCH3 is 1. The number of ether oxygens (including phenoxy) is 1. The maximum Gasteiger partial charge on any atom is 0.316 e. The van der Waals surface area contributed by atoms with Gasteiger partial charge in [0.05, 0.1) is 12.9 Å². The van der Waals surface area contributed by atoms with Crippen molar-refractivity contribution in [3.63, 3.8) is 0 Å². The molecule has 1 saturated carbocycles. The number of nitrogens with zero attached hydrogens (tertiary/aromatic N) is 2. The Hall–Kier alpha value is -0.620. The summed E-state index contributed by atoms with van der Waals surface area (Å²) in [6, 6.07) is 1.82. The van der Waals surface area contributed by atoms with Crippen molar-refractivity contribution in [1.29, 1.82) is 0 Å². The van der Waals surface area contributed by atoms with Crippen LogP contribution >= 0.6 is 27.7 Å². The Morgan fingerprint density at radius 2 is 2.38 bits per heavy atom. The number of aromatic nitrogens is 2. The van der Waals surface area contributed by atoms with E-state index in [1.165, 1.54) is 18.9 Å². The Labute approximate surface area is 106 Å². The highest BCUT2D eigenvalue weighted by Crippen LogP contribution is 2.39. The lowest BCUT2D eigenvalue weighted by atomic mass is 10.4. The molecule has 1 heterocycles. The molecule has 0 bridgehead atoms. The second kappa shape index (κ2) is 5.14. The molecule has 1 aromatic heterocycles. The zero-order valence-corrected chi connectivity index (χ0v) is 11.2. The van der Waals surface area contributed by atoms with Gasteiger partial charge in [0.25, 0.3) is 0 Å². The smallest absolute Gasteiger partial charge is 0.316 e. The SMILES string of the molecule is COC(=O)CSc1cc(Br)nc(C2CC2)n1. The van der Waals surface area contributed by atoms with Crippen LogP contribution in [0.1, 0.15) is 24.6 Å². The standard InChI is InChI=1S/C10H11BrN2O2S/c1-15-9(14)5-16-8-4-7(11)12-10(13-8)6-2-3-6/h4,6H,2-3,5H2,1H3. The molecule has 1 aliphatic rings. The fourth-order valence-electron chi connectivity index (χ4n) is 1.20. The fraction of sp³-hybridized carbons (Fsp3) is 0.500. The first kappa shape index (κ1) is 11.9. The minimum absolute atomic E-state index is 0.243. The molecule has 86 valence electrons. The van der Waals surface area contributed by atoms with E-state index in [4.69, 9.17) is 0 Å². The van der Waals surface area contributed by atoms with Crippen molar-refractivity contribution in [2.24, 2.45) is 0 Å². The van der Waals surface area contributed by atoms with Crippen molar-refractivity contribution in [2.45, 2.75) is 23.8 Å². The maximum atomic E-state index is 11.0. The molecule has 0 spiro atoms. The van der Waals surface area contributed by atoms with Crippen LogP contribution in [0.15, 0.2) is 15.7 Å². The van der Waals surface area contributed by atoms with Gasteiger partial charge < -0.3 is 4.74 Å². The normalized spacial score (nSPS) is 14.9. The molecule has 0 amide bonds. The van der Waals surface area contributed by atoms with Crippen molar-refractivity contribution in [1.82, 2.24) is 9.97 Å². The van der Waals surface area contributed by atoms with E-state index in [0.717, 1.165) is 28.3 Å². The van der Waals surface area contributed by atoms with Crippen LogP contribution in [-0.2, 0) is 9.53 Å². The topological polar surface area (TPSA) is 52.1 Å². The van der Waals surface area contributed by atoms with Gasteiger partial charge in [-0.25, -0.2) is 9.97 Å². The summed E-state index contributed by atoms with van der Waals surface area (Å²) in [4.78, 5) is 19.7. The van der Waals surface area contributed by atoms with Crippen molar-refractivity contribution < 1.29 is 9.53 Å². The Morgan fingerprint density at radius 3 is 3.00 bits per heavy atom. The predicted molar refractivity (Wildman–Crippen MR) is 64.4 cm³/mol. The van der Waals surface area contributed by atoms with Crippen LogP contribution in [0.3, 0.4) is 0 Å². The van der Waals surface area contributed by atoms with Gasteiger partial charge in [0.2, 0.25) is 0 Å². The molecule has 6 heteroatoms. The molecule has 1 fully saturated rings. The molecular weight excluding hydrogens is 292 g/mol. The molecule has 0 saturated heterocycles. The first-order chi connectivity index (χ1) is 7.69. The van der Waals surface area contributed by atoms with E-state index in [1.54, 1.807) is 0 Å². The molecule has 4 nitrogen and oxygen atoms in total. The molecule has 0 N–H and O–H groups in total. The quantitative estimate of drug-likeness (QED) is 0.485. The van der Waals surface area contributed by atoms with Gasteiger partial charge in [-0.15, -0.1) is 0 Å².